The fraction of sp³-hybridized carbons (Fsp3) is 0.714. The van der Waals surface area contributed by atoms with E-state index < -0.39 is 0 Å². The molecule has 0 unspecified atom stereocenters. The Bertz CT molecular complexity index is 391. The van der Waals surface area contributed by atoms with E-state index in [0.717, 1.165) is 25.9 Å². The van der Waals surface area contributed by atoms with Crippen LogP contribution in [0, 0.1) is 5.41 Å². The van der Waals surface area contributed by atoms with Gasteiger partial charge in [-0.25, -0.2) is 0 Å². The third kappa shape index (κ3) is 3.12. The first kappa shape index (κ1) is 13.1. The molecule has 100 valence electrons. The molecule has 1 saturated heterocycles. The zero-order valence-corrected chi connectivity index (χ0v) is 11.3. The van der Waals surface area contributed by atoms with Gasteiger partial charge in [0.05, 0.1) is 11.8 Å². The molecule has 0 aromatic rings. The number of piperidine rings is 1. The van der Waals surface area contributed by atoms with Crippen molar-refractivity contribution < 1.29 is 9.90 Å². The average molecular weight is 250 g/mol. The predicted molar refractivity (Wildman–Crippen MR) is 71.6 cm³/mol. The van der Waals surface area contributed by atoms with Crippen LogP contribution in [0.15, 0.2) is 16.4 Å². The van der Waals surface area contributed by atoms with Gasteiger partial charge in [0, 0.05) is 25.9 Å². The predicted octanol–water partition coefficient (Wildman–Crippen LogP) is 2.66. The van der Waals surface area contributed by atoms with Crippen LogP contribution in [0.2, 0.25) is 0 Å². The molecule has 0 atom stereocenters. The van der Waals surface area contributed by atoms with E-state index in [0.29, 0.717) is 18.4 Å². The van der Waals surface area contributed by atoms with Crippen LogP contribution >= 0.6 is 0 Å². The number of ketones is 1. The Hall–Kier alpha value is -1.32. The molecule has 0 amide bonds. The fourth-order valence-electron chi connectivity index (χ4n) is 2.58. The van der Waals surface area contributed by atoms with E-state index in [-0.39, 0.29) is 17.0 Å². The molecular weight excluding hydrogens is 228 g/mol. The second-order valence-electron chi connectivity index (χ2n) is 6.06. The topological polar surface area (TPSA) is 52.9 Å². The lowest BCUT2D eigenvalue weighted by Crippen LogP contribution is -2.28. The number of allylic oxidation sites excluding steroid dienone is 2. The van der Waals surface area contributed by atoms with Crippen molar-refractivity contribution >= 4 is 12.0 Å². The summed E-state index contributed by atoms with van der Waals surface area (Å²) in [7, 11) is 0. The minimum atomic E-state index is -0.135. The minimum absolute atomic E-state index is 0.00418. The van der Waals surface area contributed by atoms with Crippen molar-refractivity contribution in [2.45, 2.75) is 46.0 Å². The van der Waals surface area contributed by atoms with Crippen LogP contribution in [0.3, 0.4) is 0 Å². The van der Waals surface area contributed by atoms with Crippen molar-refractivity contribution in [1.82, 2.24) is 5.01 Å². The summed E-state index contributed by atoms with van der Waals surface area (Å²) in [5.74, 6) is 0.196. The number of hydrazone groups is 1. The summed E-state index contributed by atoms with van der Waals surface area (Å²) in [5.41, 5.74) is 0.267. The first-order chi connectivity index (χ1) is 8.48. The van der Waals surface area contributed by atoms with E-state index in [2.05, 4.69) is 5.10 Å². The standard InChI is InChI=1S/C14H22N2O2/c1-14(2)8-12(17)11(13(18)9-14)10-15-16-6-4-3-5-7-16/h10,17H,3-9H2,1-2H3. The van der Waals surface area contributed by atoms with Crippen molar-refractivity contribution in [3.8, 4) is 0 Å². The lowest BCUT2D eigenvalue weighted by Gasteiger charge is -2.29. The number of rotatable bonds is 2. The maximum atomic E-state index is 12.0. The van der Waals surface area contributed by atoms with Crippen molar-refractivity contribution in [2.75, 3.05) is 13.1 Å². The number of nitrogens with zero attached hydrogens (tertiary/aromatic N) is 2. The summed E-state index contributed by atoms with van der Waals surface area (Å²) < 4.78 is 0. The number of hydrogen-bond donors (Lipinski definition) is 1. The smallest absolute Gasteiger partial charge is 0.168 e. The molecule has 2 rings (SSSR count). The largest absolute Gasteiger partial charge is 0.511 e. The van der Waals surface area contributed by atoms with Gasteiger partial charge in [-0.2, -0.15) is 5.10 Å². The average Bonchev–Trinajstić information content (AvgIpc) is 2.27. The highest BCUT2D eigenvalue weighted by Gasteiger charge is 2.32. The second-order valence-corrected chi connectivity index (χ2v) is 6.06. The Morgan fingerprint density at radius 3 is 2.50 bits per heavy atom. The Labute approximate surface area is 108 Å². The van der Waals surface area contributed by atoms with Gasteiger partial charge in [0.15, 0.2) is 5.78 Å². The van der Waals surface area contributed by atoms with E-state index >= 15 is 0 Å². The summed E-state index contributed by atoms with van der Waals surface area (Å²) in [6.07, 6.45) is 6.16. The zero-order chi connectivity index (χ0) is 13.2. The summed E-state index contributed by atoms with van der Waals surface area (Å²) in [6.45, 7) is 5.90. The van der Waals surface area contributed by atoms with Gasteiger partial charge in [0.1, 0.15) is 5.76 Å². The molecule has 1 heterocycles. The number of carbonyl (C=O) groups excluding carboxylic acids is 1. The lowest BCUT2D eigenvalue weighted by atomic mass is 9.77. The van der Waals surface area contributed by atoms with E-state index in [1.807, 2.05) is 18.9 Å². The van der Waals surface area contributed by atoms with Gasteiger partial charge >= 0.3 is 0 Å². The summed E-state index contributed by atoms with van der Waals surface area (Å²) >= 11 is 0. The molecule has 0 spiro atoms. The van der Waals surface area contributed by atoms with E-state index in [9.17, 15) is 9.90 Å². The number of Topliss-reactive ketones (excluding diaryl/α,β-unsaturated/α-hetero) is 1. The third-order valence-electron chi connectivity index (χ3n) is 3.58. The number of carbonyl (C=O) groups is 1. The summed E-state index contributed by atoms with van der Waals surface area (Å²) in [5, 5.41) is 16.3. The molecule has 0 bridgehead atoms. The quantitative estimate of drug-likeness (QED) is 0.767. The maximum Gasteiger partial charge on any atom is 0.168 e. The van der Waals surface area contributed by atoms with Crippen molar-refractivity contribution in [1.29, 1.82) is 0 Å². The molecule has 4 heteroatoms. The van der Waals surface area contributed by atoms with Crippen LogP contribution in [0.4, 0.5) is 0 Å². The van der Waals surface area contributed by atoms with Crippen molar-refractivity contribution in [3.63, 3.8) is 0 Å². The Morgan fingerprint density at radius 1 is 1.22 bits per heavy atom. The molecule has 0 radical (unpaired) electrons. The minimum Gasteiger partial charge on any atom is -0.511 e. The fourth-order valence-corrected chi connectivity index (χ4v) is 2.58. The number of aliphatic hydroxyl groups excluding tert-OH is 1. The van der Waals surface area contributed by atoms with E-state index in [4.69, 9.17) is 0 Å². The van der Waals surface area contributed by atoms with Gasteiger partial charge in [0.2, 0.25) is 0 Å². The van der Waals surface area contributed by atoms with Gasteiger partial charge in [0.25, 0.3) is 0 Å². The van der Waals surface area contributed by atoms with Crippen LogP contribution < -0.4 is 0 Å². The van der Waals surface area contributed by atoms with Crippen LogP contribution in [-0.4, -0.2) is 35.2 Å². The molecule has 1 fully saturated rings. The molecule has 18 heavy (non-hydrogen) atoms. The summed E-state index contributed by atoms with van der Waals surface area (Å²) in [4.78, 5) is 12.0. The molecule has 1 aliphatic heterocycles. The third-order valence-corrected chi connectivity index (χ3v) is 3.58. The van der Waals surface area contributed by atoms with Gasteiger partial charge in [-0.15, -0.1) is 0 Å². The van der Waals surface area contributed by atoms with Crippen LogP contribution in [0.5, 0.6) is 0 Å². The molecule has 2 aliphatic rings. The molecule has 0 aromatic heterocycles. The molecule has 0 saturated carbocycles. The summed E-state index contributed by atoms with van der Waals surface area (Å²) in [6, 6.07) is 0. The zero-order valence-electron chi connectivity index (χ0n) is 11.3. The first-order valence-corrected chi connectivity index (χ1v) is 6.72. The molecule has 1 aliphatic carbocycles. The Balaban J connectivity index is 2.07. The van der Waals surface area contributed by atoms with Crippen LogP contribution in [0.25, 0.3) is 0 Å². The molecular formula is C14H22N2O2. The lowest BCUT2D eigenvalue weighted by molar-refractivity contribution is -0.117. The highest BCUT2D eigenvalue weighted by molar-refractivity contribution is 6.14. The van der Waals surface area contributed by atoms with Crippen LogP contribution in [0.1, 0.15) is 46.0 Å². The van der Waals surface area contributed by atoms with Gasteiger partial charge in [-0.05, 0) is 24.7 Å². The molecule has 1 N–H and O–H groups in total. The normalized spacial score (nSPS) is 25.0. The van der Waals surface area contributed by atoms with Crippen molar-refractivity contribution in [3.05, 3.63) is 11.3 Å². The first-order valence-electron chi connectivity index (χ1n) is 6.72. The van der Waals surface area contributed by atoms with Gasteiger partial charge in [-0.3, -0.25) is 9.80 Å². The monoisotopic (exact) mass is 250 g/mol. The molecule has 4 nitrogen and oxygen atoms in total. The highest BCUT2D eigenvalue weighted by atomic mass is 16.3. The van der Waals surface area contributed by atoms with Crippen molar-refractivity contribution in [2.24, 2.45) is 10.5 Å². The number of hydrogen-bond acceptors (Lipinski definition) is 4. The number of aliphatic hydroxyl groups is 1. The SMILES string of the molecule is CC1(C)CC(=O)C(C=NN2CCCCC2)=C(O)C1. The van der Waals surface area contributed by atoms with Gasteiger partial charge < -0.3 is 5.11 Å². The van der Waals surface area contributed by atoms with E-state index in [1.165, 1.54) is 6.42 Å². The highest BCUT2D eigenvalue weighted by Crippen LogP contribution is 2.35. The van der Waals surface area contributed by atoms with Crippen LogP contribution in [-0.2, 0) is 4.79 Å². The Kier molecular flexibility index (Phi) is 3.73. The second kappa shape index (κ2) is 5.12. The maximum absolute atomic E-state index is 12.0. The van der Waals surface area contributed by atoms with E-state index in [1.54, 1.807) is 6.21 Å². The molecule has 0 aromatic carbocycles. The van der Waals surface area contributed by atoms with Gasteiger partial charge in [-0.1, -0.05) is 13.8 Å². The Morgan fingerprint density at radius 2 is 1.89 bits per heavy atom.